The highest BCUT2D eigenvalue weighted by molar-refractivity contribution is 7.10. The van der Waals surface area contributed by atoms with Crippen molar-refractivity contribution in [2.45, 2.75) is 6.54 Å². The molecule has 0 aliphatic heterocycles. The first-order chi connectivity index (χ1) is 7.65. The smallest absolute Gasteiger partial charge is 0.317 e. The third-order valence-corrected chi connectivity index (χ3v) is 2.77. The Labute approximate surface area is 98.9 Å². The van der Waals surface area contributed by atoms with E-state index in [1.165, 1.54) is 16.2 Å². The predicted molar refractivity (Wildman–Crippen MR) is 64.2 cm³/mol. The normalized spacial score (nSPS) is 9.19. The van der Waals surface area contributed by atoms with Crippen molar-refractivity contribution in [3.63, 3.8) is 0 Å². The molecule has 2 amide bonds. The van der Waals surface area contributed by atoms with Gasteiger partial charge in [0.25, 0.3) is 0 Å². The average molecular weight is 238 g/mol. The Balaban J connectivity index is 2.61. The number of nitrogens with one attached hydrogen (secondary N) is 1. The number of nitrogens with zero attached hydrogens (tertiary/aromatic N) is 1. The summed E-state index contributed by atoms with van der Waals surface area (Å²) in [6.45, 7) is 0.309. The van der Waals surface area contributed by atoms with Crippen molar-refractivity contribution in [1.29, 1.82) is 0 Å². The van der Waals surface area contributed by atoms with Gasteiger partial charge < -0.3 is 15.3 Å². The molecule has 0 aromatic carbocycles. The maximum Gasteiger partial charge on any atom is 0.317 e. The molecular weight excluding hydrogens is 224 g/mol. The van der Waals surface area contributed by atoms with E-state index in [4.69, 9.17) is 5.11 Å². The summed E-state index contributed by atoms with van der Waals surface area (Å²) in [7, 11) is 3.38. The van der Waals surface area contributed by atoms with Crippen LogP contribution >= 0.6 is 11.3 Å². The molecule has 1 aromatic rings. The number of carbonyl (C=O) groups excluding carboxylic acids is 1. The summed E-state index contributed by atoms with van der Waals surface area (Å²) in [5.41, 5.74) is 0.859. The van der Waals surface area contributed by atoms with Gasteiger partial charge in [0.2, 0.25) is 0 Å². The van der Waals surface area contributed by atoms with Gasteiger partial charge in [-0.15, -0.1) is 11.3 Å². The second kappa shape index (κ2) is 6.16. The Kier molecular flexibility index (Phi) is 4.83. The number of hydrogen-bond acceptors (Lipinski definition) is 3. The van der Waals surface area contributed by atoms with Crippen LogP contribution in [0.4, 0.5) is 4.79 Å². The molecule has 1 rings (SSSR count). The number of rotatable bonds is 2. The predicted octanol–water partition coefficient (Wildman–Crippen LogP) is 0.863. The van der Waals surface area contributed by atoms with Gasteiger partial charge in [-0.3, -0.25) is 0 Å². The number of amides is 2. The third kappa shape index (κ3) is 3.57. The van der Waals surface area contributed by atoms with Crippen LogP contribution in [0.1, 0.15) is 10.4 Å². The molecule has 2 N–H and O–H groups in total. The lowest BCUT2D eigenvalue weighted by molar-refractivity contribution is 0.217. The molecule has 0 spiro atoms. The van der Waals surface area contributed by atoms with Crippen LogP contribution in [0.15, 0.2) is 11.4 Å². The Bertz CT molecular complexity index is 415. The first-order valence-electron chi connectivity index (χ1n) is 4.76. The highest BCUT2D eigenvalue weighted by Gasteiger charge is 2.05. The topological polar surface area (TPSA) is 52.6 Å². The van der Waals surface area contributed by atoms with Crippen molar-refractivity contribution < 1.29 is 9.90 Å². The van der Waals surface area contributed by atoms with Crippen LogP contribution in [0.2, 0.25) is 0 Å². The maximum atomic E-state index is 11.3. The lowest BCUT2D eigenvalue weighted by atomic mass is 10.2. The fraction of sp³-hybridized carbons (Fsp3) is 0.364. The Morgan fingerprint density at radius 3 is 3.00 bits per heavy atom. The zero-order valence-corrected chi connectivity index (χ0v) is 10.1. The molecule has 5 heteroatoms. The monoisotopic (exact) mass is 238 g/mol. The van der Waals surface area contributed by atoms with Crippen LogP contribution in [0.5, 0.6) is 0 Å². The molecule has 0 atom stereocenters. The van der Waals surface area contributed by atoms with Crippen molar-refractivity contribution in [2.75, 3.05) is 20.7 Å². The van der Waals surface area contributed by atoms with Crippen LogP contribution in [-0.2, 0) is 6.54 Å². The second-order valence-corrected chi connectivity index (χ2v) is 4.27. The molecule has 1 heterocycles. The fourth-order valence-corrected chi connectivity index (χ4v) is 1.81. The summed E-state index contributed by atoms with van der Waals surface area (Å²) in [5.74, 6) is 5.43. The van der Waals surface area contributed by atoms with E-state index in [1.807, 2.05) is 11.4 Å². The Morgan fingerprint density at radius 1 is 1.62 bits per heavy atom. The molecule has 16 heavy (non-hydrogen) atoms. The zero-order valence-electron chi connectivity index (χ0n) is 9.28. The van der Waals surface area contributed by atoms with Crippen LogP contribution in [0.25, 0.3) is 0 Å². The van der Waals surface area contributed by atoms with Gasteiger partial charge in [-0.25, -0.2) is 4.79 Å². The molecular formula is C11H14N2O2S. The maximum absolute atomic E-state index is 11.3. The van der Waals surface area contributed by atoms with Gasteiger partial charge in [-0.1, -0.05) is 11.8 Å². The third-order valence-electron chi connectivity index (χ3n) is 1.85. The minimum Gasteiger partial charge on any atom is -0.384 e. The van der Waals surface area contributed by atoms with E-state index in [0.717, 1.165) is 10.4 Å². The van der Waals surface area contributed by atoms with Gasteiger partial charge in [-0.05, 0) is 11.4 Å². The summed E-state index contributed by atoms with van der Waals surface area (Å²) < 4.78 is 0. The number of urea groups is 1. The van der Waals surface area contributed by atoms with Crippen LogP contribution < -0.4 is 5.32 Å². The first kappa shape index (κ1) is 12.6. The van der Waals surface area contributed by atoms with E-state index in [9.17, 15) is 4.79 Å². The van der Waals surface area contributed by atoms with Crippen molar-refractivity contribution in [2.24, 2.45) is 0 Å². The molecule has 0 saturated heterocycles. The van der Waals surface area contributed by atoms with Crippen LogP contribution in [0, 0.1) is 11.8 Å². The molecule has 4 nitrogen and oxygen atoms in total. The lowest BCUT2D eigenvalue weighted by Gasteiger charge is -2.11. The van der Waals surface area contributed by atoms with Gasteiger partial charge in [-0.2, -0.15) is 0 Å². The van der Waals surface area contributed by atoms with Gasteiger partial charge in [0.15, 0.2) is 0 Å². The van der Waals surface area contributed by atoms with Gasteiger partial charge >= 0.3 is 6.03 Å². The summed E-state index contributed by atoms with van der Waals surface area (Å²) in [6, 6.07) is 1.75. The van der Waals surface area contributed by atoms with Crippen LogP contribution in [0.3, 0.4) is 0 Å². The zero-order chi connectivity index (χ0) is 12.0. The standard InChI is InChI=1S/C11H14N2O2S/c1-13(2)11(15)12-8-10-9(4-3-6-14)5-7-16-10/h5,7,14H,6,8H2,1-2H3,(H,12,15). The summed E-state index contributed by atoms with van der Waals surface area (Å²) in [5, 5.41) is 13.3. The molecule has 0 saturated carbocycles. The quantitative estimate of drug-likeness (QED) is 0.751. The number of thiophene rings is 1. The molecule has 0 fully saturated rings. The van der Waals surface area contributed by atoms with Crippen molar-refractivity contribution in [3.05, 3.63) is 21.9 Å². The molecule has 86 valence electrons. The molecule has 0 unspecified atom stereocenters. The number of carbonyl (C=O) groups is 1. The van der Waals surface area contributed by atoms with Crippen LogP contribution in [-0.4, -0.2) is 36.7 Å². The largest absolute Gasteiger partial charge is 0.384 e. The SMILES string of the molecule is CN(C)C(=O)NCc1sccc1C#CCO. The molecule has 0 radical (unpaired) electrons. The van der Waals surface area contributed by atoms with E-state index < -0.39 is 0 Å². The van der Waals surface area contributed by atoms with E-state index >= 15 is 0 Å². The van der Waals surface area contributed by atoms with Gasteiger partial charge in [0.05, 0.1) is 6.54 Å². The summed E-state index contributed by atoms with van der Waals surface area (Å²) in [6.07, 6.45) is 0. The van der Waals surface area contributed by atoms with E-state index in [-0.39, 0.29) is 12.6 Å². The van der Waals surface area contributed by atoms with Crippen molar-refractivity contribution >= 4 is 17.4 Å². The van der Waals surface area contributed by atoms with Gasteiger partial charge in [0.1, 0.15) is 6.61 Å². The van der Waals surface area contributed by atoms with E-state index in [1.54, 1.807) is 14.1 Å². The highest BCUT2D eigenvalue weighted by atomic mass is 32.1. The Hall–Kier alpha value is -1.51. The van der Waals surface area contributed by atoms with E-state index in [2.05, 4.69) is 17.2 Å². The number of aliphatic hydroxyl groups excluding tert-OH is 1. The lowest BCUT2D eigenvalue weighted by Crippen LogP contribution is -2.33. The molecule has 0 aliphatic rings. The van der Waals surface area contributed by atoms with E-state index in [0.29, 0.717) is 6.54 Å². The van der Waals surface area contributed by atoms with Gasteiger partial charge in [0, 0.05) is 24.5 Å². The van der Waals surface area contributed by atoms with Crippen molar-refractivity contribution in [1.82, 2.24) is 10.2 Å². The summed E-state index contributed by atoms with van der Waals surface area (Å²) >= 11 is 1.54. The first-order valence-corrected chi connectivity index (χ1v) is 5.64. The molecule has 0 bridgehead atoms. The molecule has 0 aliphatic carbocycles. The highest BCUT2D eigenvalue weighted by Crippen LogP contribution is 2.15. The second-order valence-electron chi connectivity index (χ2n) is 3.27. The number of aliphatic hydroxyl groups is 1. The average Bonchev–Trinajstić information content (AvgIpc) is 2.70. The fourth-order valence-electron chi connectivity index (χ4n) is 1.04. The Morgan fingerprint density at radius 2 is 2.38 bits per heavy atom. The number of hydrogen-bond donors (Lipinski definition) is 2. The minimum absolute atomic E-state index is 0.130. The minimum atomic E-state index is -0.153. The van der Waals surface area contributed by atoms with Crippen molar-refractivity contribution in [3.8, 4) is 11.8 Å². The molecule has 1 aromatic heterocycles. The summed E-state index contributed by atoms with van der Waals surface area (Å²) in [4.78, 5) is 13.8.